The zero-order chi connectivity index (χ0) is 19.1. The number of anilines is 1. The number of carbonyl (C=O) groups excluding carboxylic acids is 4. The Labute approximate surface area is 158 Å². The van der Waals surface area contributed by atoms with E-state index >= 15 is 0 Å². The second kappa shape index (κ2) is 6.92. The highest BCUT2D eigenvalue weighted by Crippen LogP contribution is 2.47. The summed E-state index contributed by atoms with van der Waals surface area (Å²) in [7, 11) is 0. The van der Waals surface area contributed by atoms with Crippen molar-refractivity contribution in [3.05, 3.63) is 17.0 Å². The topological polar surface area (TPSA) is 119 Å². The first kappa shape index (κ1) is 18.7. The molecule has 0 radical (unpaired) electrons. The summed E-state index contributed by atoms with van der Waals surface area (Å²) in [5, 5.41) is 4.48. The number of amides is 3. The lowest BCUT2D eigenvalue weighted by Gasteiger charge is -2.29. The minimum atomic E-state index is -1.07. The number of thiophene rings is 1. The van der Waals surface area contributed by atoms with Crippen LogP contribution in [0.3, 0.4) is 0 Å². The summed E-state index contributed by atoms with van der Waals surface area (Å²) in [4.78, 5) is 49.4. The van der Waals surface area contributed by atoms with Crippen LogP contribution < -0.4 is 11.1 Å². The Morgan fingerprint density at radius 3 is 2.88 bits per heavy atom. The van der Waals surface area contributed by atoms with Crippen molar-refractivity contribution in [3.63, 3.8) is 0 Å². The van der Waals surface area contributed by atoms with E-state index in [-0.39, 0.29) is 16.3 Å². The van der Waals surface area contributed by atoms with E-state index in [0.29, 0.717) is 23.6 Å². The van der Waals surface area contributed by atoms with Crippen LogP contribution >= 0.6 is 23.1 Å². The Bertz CT molecular complexity index is 780. The number of hydrogen-bond donors (Lipinski definition) is 2. The fourth-order valence-corrected chi connectivity index (χ4v) is 5.33. The predicted molar refractivity (Wildman–Crippen MR) is 97.8 cm³/mol. The Hall–Kier alpha value is -2.07. The second-order valence-electron chi connectivity index (χ2n) is 6.36. The molecule has 3 N–H and O–H groups in total. The molecule has 0 spiro atoms. The maximum atomic E-state index is 12.5. The normalized spacial score (nSPS) is 25.7. The van der Waals surface area contributed by atoms with Gasteiger partial charge < -0.3 is 20.7 Å². The van der Waals surface area contributed by atoms with Crippen LogP contribution in [0.2, 0.25) is 0 Å². The van der Waals surface area contributed by atoms with Gasteiger partial charge in [-0.1, -0.05) is 0 Å². The van der Waals surface area contributed by atoms with Gasteiger partial charge in [0.05, 0.1) is 10.4 Å². The molecule has 26 heavy (non-hydrogen) atoms. The van der Waals surface area contributed by atoms with Gasteiger partial charge in [-0.25, -0.2) is 4.79 Å². The van der Waals surface area contributed by atoms with Crippen LogP contribution in [-0.2, 0) is 19.1 Å². The van der Waals surface area contributed by atoms with E-state index in [1.54, 1.807) is 22.0 Å². The molecule has 2 saturated heterocycles. The molecule has 3 amide bonds. The van der Waals surface area contributed by atoms with E-state index in [1.807, 2.05) is 6.92 Å². The fraction of sp³-hybridized carbons (Fsp3) is 0.500. The molecule has 2 fully saturated rings. The third kappa shape index (κ3) is 3.30. The molecule has 140 valence electrons. The zero-order valence-corrected chi connectivity index (χ0v) is 15.9. The molecule has 0 aliphatic carbocycles. The predicted octanol–water partition coefficient (Wildman–Crippen LogP) is 1.17. The van der Waals surface area contributed by atoms with Gasteiger partial charge in [0.15, 0.2) is 6.10 Å². The maximum Gasteiger partial charge on any atom is 0.330 e. The number of thioether (sulfide) groups is 1. The van der Waals surface area contributed by atoms with Crippen molar-refractivity contribution >= 4 is 51.8 Å². The first-order valence-electron chi connectivity index (χ1n) is 8.08. The zero-order valence-electron chi connectivity index (χ0n) is 14.3. The molecule has 3 atom stereocenters. The standard InChI is InChI=1S/C16H19N3O5S2/c1-8(13(22)18-14-9(12(17)21)4-6-25-14)24-15(23)10-7-26-16(2)5-3-11(20)19(10)16/h4,6,8,10H,3,5,7H2,1-2H3,(H2,17,21)(H,18,22)/t8-,10-,16-/m0/s1. The smallest absolute Gasteiger partial charge is 0.330 e. The molecule has 2 aliphatic rings. The van der Waals surface area contributed by atoms with Crippen molar-refractivity contribution in [2.24, 2.45) is 5.73 Å². The van der Waals surface area contributed by atoms with Crippen molar-refractivity contribution in [1.82, 2.24) is 4.90 Å². The molecule has 10 heteroatoms. The highest BCUT2D eigenvalue weighted by molar-refractivity contribution is 8.01. The minimum Gasteiger partial charge on any atom is -0.451 e. The van der Waals surface area contributed by atoms with Crippen LogP contribution in [0.25, 0.3) is 0 Å². The highest BCUT2D eigenvalue weighted by Gasteiger charge is 2.53. The van der Waals surface area contributed by atoms with Crippen molar-refractivity contribution < 1.29 is 23.9 Å². The van der Waals surface area contributed by atoms with Crippen molar-refractivity contribution in [2.45, 2.75) is 43.7 Å². The third-order valence-corrected chi connectivity index (χ3v) is 6.88. The van der Waals surface area contributed by atoms with Gasteiger partial charge in [0.1, 0.15) is 11.0 Å². The van der Waals surface area contributed by atoms with Gasteiger partial charge in [0.25, 0.3) is 11.8 Å². The number of nitrogens with one attached hydrogen (secondary N) is 1. The summed E-state index contributed by atoms with van der Waals surface area (Å²) in [6, 6.07) is 0.827. The largest absolute Gasteiger partial charge is 0.451 e. The monoisotopic (exact) mass is 397 g/mol. The van der Waals surface area contributed by atoms with Gasteiger partial charge in [-0.3, -0.25) is 14.4 Å². The summed E-state index contributed by atoms with van der Waals surface area (Å²) in [5.41, 5.74) is 5.44. The lowest BCUT2D eigenvalue weighted by molar-refractivity contribution is -0.160. The molecular formula is C16H19N3O5S2. The molecule has 1 aromatic heterocycles. The SMILES string of the molecule is C[C@H](OC(=O)[C@@H]1CS[C@@]2(C)CCC(=O)N12)C(=O)Nc1sccc1C(N)=O. The molecule has 3 heterocycles. The van der Waals surface area contributed by atoms with Crippen LogP contribution in [0, 0.1) is 0 Å². The van der Waals surface area contributed by atoms with Crippen LogP contribution in [0.15, 0.2) is 11.4 Å². The lowest BCUT2D eigenvalue weighted by Crippen LogP contribution is -2.48. The molecular weight excluding hydrogens is 378 g/mol. The van der Waals surface area contributed by atoms with Gasteiger partial charge in [-0.2, -0.15) is 0 Å². The minimum absolute atomic E-state index is 0.0683. The summed E-state index contributed by atoms with van der Waals surface area (Å²) < 4.78 is 5.28. The number of fused-ring (bicyclic) bond motifs is 1. The van der Waals surface area contributed by atoms with Crippen LogP contribution in [0.1, 0.15) is 37.0 Å². The number of nitrogens with zero attached hydrogens (tertiary/aromatic N) is 1. The molecule has 0 saturated carbocycles. The van der Waals surface area contributed by atoms with E-state index < -0.39 is 29.9 Å². The van der Waals surface area contributed by atoms with E-state index in [1.165, 1.54) is 13.0 Å². The van der Waals surface area contributed by atoms with Crippen molar-refractivity contribution in [2.75, 3.05) is 11.1 Å². The summed E-state index contributed by atoms with van der Waals surface area (Å²) >= 11 is 2.70. The highest BCUT2D eigenvalue weighted by atomic mass is 32.2. The third-order valence-electron chi connectivity index (χ3n) is 4.55. The second-order valence-corrected chi connectivity index (χ2v) is 8.78. The summed E-state index contributed by atoms with van der Waals surface area (Å²) in [5.74, 6) is -1.43. The number of nitrogens with two attached hydrogens (primary N) is 1. The molecule has 0 bridgehead atoms. The average molecular weight is 397 g/mol. The number of carbonyl (C=O) groups is 4. The Morgan fingerprint density at radius 2 is 2.19 bits per heavy atom. The van der Waals surface area contributed by atoms with Crippen LogP contribution in [0.4, 0.5) is 5.00 Å². The van der Waals surface area contributed by atoms with Crippen LogP contribution in [0.5, 0.6) is 0 Å². The quantitative estimate of drug-likeness (QED) is 0.720. The molecule has 1 aromatic rings. The van der Waals surface area contributed by atoms with Gasteiger partial charge in [0.2, 0.25) is 5.91 Å². The number of hydrogen-bond acceptors (Lipinski definition) is 7. The van der Waals surface area contributed by atoms with E-state index in [0.717, 1.165) is 11.3 Å². The fourth-order valence-electron chi connectivity index (χ4n) is 3.12. The van der Waals surface area contributed by atoms with E-state index in [2.05, 4.69) is 5.32 Å². The lowest BCUT2D eigenvalue weighted by atomic mass is 10.2. The Morgan fingerprint density at radius 1 is 1.46 bits per heavy atom. The summed E-state index contributed by atoms with van der Waals surface area (Å²) in [6.45, 7) is 3.38. The Balaban J connectivity index is 1.62. The molecule has 0 unspecified atom stereocenters. The van der Waals surface area contributed by atoms with Gasteiger partial charge >= 0.3 is 5.97 Å². The van der Waals surface area contributed by atoms with E-state index in [9.17, 15) is 19.2 Å². The average Bonchev–Trinajstić information content (AvgIpc) is 3.23. The number of ether oxygens (including phenoxy) is 1. The molecule has 2 aliphatic heterocycles. The summed E-state index contributed by atoms with van der Waals surface area (Å²) in [6.07, 6.45) is 0.0437. The van der Waals surface area contributed by atoms with Gasteiger partial charge in [-0.15, -0.1) is 23.1 Å². The van der Waals surface area contributed by atoms with Crippen molar-refractivity contribution in [1.29, 1.82) is 0 Å². The van der Waals surface area contributed by atoms with Gasteiger partial charge in [0, 0.05) is 12.2 Å². The number of primary amides is 1. The van der Waals surface area contributed by atoms with E-state index in [4.69, 9.17) is 10.5 Å². The first-order chi connectivity index (χ1) is 12.2. The Kier molecular flexibility index (Phi) is 4.98. The van der Waals surface area contributed by atoms with Gasteiger partial charge in [-0.05, 0) is 31.7 Å². The number of esters is 1. The first-order valence-corrected chi connectivity index (χ1v) is 9.94. The van der Waals surface area contributed by atoms with Crippen LogP contribution in [-0.4, -0.2) is 51.4 Å². The number of rotatable bonds is 5. The molecule has 8 nitrogen and oxygen atoms in total. The molecule has 0 aromatic carbocycles. The molecule has 3 rings (SSSR count). The maximum absolute atomic E-state index is 12.5. The van der Waals surface area contributed by atoms with Crippen molar-refractivity contribution in [3.8, 4) is 0 Å².